The average Bonchev–Trinajstić information content (AvgIpc) is 2.55. The van der Waals surface area contributed by atoms with Gasteiger partial charge in [-0.1, -0.05) is 0 Å². The van der Waals surface area contributed by atoms with Gasteiger partial charge in [-0.25, -0.2) is 0 Å². The first-order valence-electron chi connectivity index (χ1n) is 3.41. The molecule has 66 valence electrons. The monoisotopic (exact) mass is 234 g/mol. The number of ether oxygens (including phenoxy) is 2. The molecular formula is C8H10O3Se. The molecule has 0 bridgehead atoms. The summed E-state index contributed by atoms with van der Waals surface area (Å²) in [7, 11) is 3.13. The summed E-state index contributed by atoms with van der Waals surface area (Å²) >= 11 is 0.201. The van der Waals surface area contributed by atoms with E-state index >= 15 is 0 Å². The van der Waals surface area contributed by atoms with Crippen molar-refractivity contribution in [2.75, 3.05) is 14.2 Å². The van der Waals surface area contributed by atoms with Crippen molar-refractivity contribution in [2.24, 2.45) is 0 Å². The Morgan fingerprint density at radius 1 is 1.50 bits per heavy atom. The number of rotatable bonds is 4. The van der Waals surface area contributed by atoms with Crippen molar-refractivity contribution in [3.63, 3.8) is 0 Å². The quantitative estimate of drug-likeness (QED) is 0.439. The third kappa shape index (κ3) is 1.84. The Labute approximate surface area is 77.0 Å². The van der Waals surface area contributed by atoms with Gasteiger partial charge in [0, 0.05) is 0 Å². The Kier molecular flexibility index (Phi) is 3.69. The second-order valence-corrected chi connectivity index (χ2v) is 4.15. The number of aldehydes is 1. The molecule has 0 aliphatic rings. The summed E-state index contributed by atoms with van der Waals surface area (Å²) in [6.07, 6.45) is 0.478. The zero-order valence-corrected chi connectivity index (χ0v) is 8.66. The van der Waals surface area contributed by atoms with Gasteiger partial charge in [0.15, 0.2) is 0 Å². The first-order chi connectivity index (χ1) is 5.83. The Morgan fingerprint density at radius 2 is 2.17 bits per heavy atom. The van der Waals surface area contributed by atoms with Crippen LogP contribution in [0.15, 0.2) is 11.0 Å². The molecule has 0 spiro atoms. The van der Waals surface area contributed by atoms with Gasteiger partial charge < -0.3 is 0 Å². The van der Waals surface area contributed by atoms with Crippen molar-refractivity contribution in [2.45, 2.75) is 6.29 Å². The Bertz CT molecular complexity index is 253. The molecule has 3 nitrogen and oxygen atoms in total. The van der Waals surface area contributed by atoms with E-state index in [1.54, 1.807) is 14.2 Å². The summed E-state index contributed by atoms with van der Waals surface area (Å²) in [5, 5.41) is 0. The summed E-state index contributed by atoms with van der Waals surface area (Å²) < 4.78 is 11.1. The molecule has 1 heterocycles. The van der Waals surface area contributed by atoms with E-state index in [4.69, 9.17) is 9.47 Å². The molecule has 1 rings (SSSR count). The van der Waals surface area contributed by atoms with Gasteiger partial charge in [0.2, 0.25) is 0 Å². The molecule has 0 saturated carbocycles. The molecule has 0 unspecified atom stereocenters. The minimum atomic E-state index is -0.361. The fourth-order valence-corrected chi connectivity index (χ4v) is 2.85. The first-order valence-corrected chi connectivity index (χ1v) is 5.26. The normalized spacial score (nSPS) is 10.6. The van der Waals surface area contributed by atoms with Gasteiger partial charge in [-0.15, -0.1) is 0 Å². The zero-order chi connectivity index (χ0) is 8.97. The van der Waals surface area contributed by atoms with Crippen LogP contribution in [-0.4, -0.2) is 35.0 Å². The molecule has 0 aliphatic carbocycles. The van der Waals surface area contributed by atoms with Crippen LogP contribution >= 0.6 is 0 Å². The third-order valence-electron chi connectivity index (χ3n) is 1.50. The molecule has 12 heavy (non-hydrogen) atoms. The Balaban J connectivity index is 2.90. The molecule has 0 amide bonds. The van der Waals surface area contributed by atoms with E-state index in [2.05, 4.69) is 0 Å². The Morgan fingerprint density at radius 3 is 2.67 bits per heavy atom. The van der Waals surface area contributed by atoms with Gasteiger partial charge >= 0.3 is 76.6 Å². The van der Waals surface area contributed by atoms with Gasteiger partial charge in [-0.3, -0.25) is 0 Å². The maximum atomic E-state index is 10.5. The van der Waals surface area contributed by atoms with Crippen LogP contribution in [0.1, 0.15) is 21.1 Å². The van der Waals surface area contributed by atoms with Crippen molar-refractivity contribution in [3.05, 3.63) is 21.0 Å². The second-order valence-electron chi connectivity index (χ2n) is 2.16. The molecule has 0 aromatic carbocycles. The van der Waals surface area contributed by atoms with E-state index in [0.717, 1.165) is 10.7 Å². The molecule has 0 fully saturated rings. The topological polar surface area (TPSA) is 35.5 Å². The molecule has 4 heteroatoms. The van der Waals surface area contributed by atoms with E-state index in [0.29, 0.717) is 5.56 Å². The van der Waals surface area contributed by atoms with Crippen molar-refractivity contribution >= 4 is 20.8 Å². The van der Waals surface area contributed by atoms with Gasteiger partial charge in [0.1, 0.15) is 0 Å². The van der Waals surface area contributed by atoms with Crippen LogP contribution in [0, 0.1) is 0 Å². The number of carbonyl (C=O) groups is 1. The summed E-state index contributed by atoms with van der Waals surface area (Å²) in [6.45, 7) is 0. The van der Waals surface area contributed by atoms with Crippen molar-refractivity contribution in [3.8, 4) is 0 Å². The summed E-state index contributed by atoms with van der Waals surface area (Å²) in [6, 6.07) is 1.81. The van der Waals surface area contributed by atoms with Crippen LogP contribution in [-0.2, 0) is 9.47 Å². The predicted molar refractivity (Wildman–Crippen MR) is 45.5 cm³/mol. The molecule has 0 saturated heterocycles. The fourth-order valence-electron chi connectivity index (χ4n) is 0.930. The van der Waals surface area contributed by atoms with Gasteiger partial charge in [0.05, 0.1) is 0 Å². The first kappa shape index (κ1) is 9.68. The third-order valence-corrected chi connectivity index (χ3v) is 3.50. The number of hydrogen-bond acceptors (Lipinski definition) is 3. The van der Waals surface area contributed by atoms with Gasteiger partial charge in [-0.2, -0.15) is 0 Å². The van der Waals surface area contributed by atoms with Crippen LogP contribution in [0.3, 0.4) is 0 Å². The van der Waals surface area contributed by atoms with E-state index in [1.165, 1.54) is 0 Å². The molecule has 0 atom stereocenters. The SMILES string of the molecule is COC(OC)c1[se]ccc1C=O. The molecular weight excluding hydrogens is 223 g/mol. The van der Waals surface area contributed by atoms with Crippen molar-refractivity contribution < 1.29 is 14.3 Å². The standard InChI is InChI=1S/C8H10O3Se/c1-10-8(11-2)7-6(5-9)3-4-12-7/h3-5,8H,1-2H3. The summed E-state index contributed by atoms with van der Waals surface area (Å²) in [4.78, 5) is 12.5. The molecule has 0 aliphatic heterocycles. The molecule has 0 N–H and O–H groups in total. The average molecular weight is 233 g/mol. The van der Waals surface area contributed by atoms with Gasteiger partial charge in [0.25, 0.3) is 0 Å². The minimum absolute atomic E-state index is 0.201. The van der Waals surface area contributed by atoms with Gasteiger partial charge in [-0.05, 0) is 0 Å². The molecule has 1 aromatic heterocycles. The number of hydrogen-bond donors (Lipinski definition) is 0. The number of carbonyl (C=O) groups excluding carboxylic acids is 1. The van der Waals surface area contributed by atoms with Crippen LogP contribution in [0.25, 0.3) is 0 Å². The predicted octanol–water partition coefficient (Wildman–Crippen LogP) is 0.848. The Hall–Kier alpha value is -0.411. The van der Waals surface area contributed by atoms with E-state index in [-0.39, 0.29) is 20.8 Å². The maximum absolute atomic E-state index is 10.5. The van der Waals surface area contributed by atoms with Crippen LogP contribution in [0.5, 0.6) is 0 Å². The summed E-state index contributed by atoms with van der Waals surface area (Å²) in [5.74, 6) is 0. The molecule has 0 radical (unpaired) electrons. The van der Waals surface area contributed by atoms with Crippen molar-refractivity contribution in [1.82, 2.24) is 0 Å². The second kappa shape index (κ2) is 4.57. The van der Waals surface area contributed by atoms with E-state index in [9.17, 15) is 4.79 Å². The van der Waals surface area contributed by atoms with Crippen LogP contribution < -0.4 is 0 Å². The van der Waals surface area contributed by atoms with Crippen LogP contribution in [0.2, 0.25) is 0 Å². The van der Waals surface area contributed by atoms with Crippen LogP contribution in [0.4, 0.5) is 0 Å². The van der Waals surface area contributed by atoms with E-state index in [1.807, 2.05) is 11.0 Å². The fraction of sp³-hybridized carbons (Fsp3) is 0.375. The zero-order valence-electron chi connectivity index (χ0n) is 6.94. The summed E-state index contributed by atoms with van der Waals surface area (Å²) in [5.41, 5.74) is 0.698. The van der Waals surface area contributed by atoms with E-state index < -0.39 is 0 Å². The van der Waals surface area contributed by atoms with Crippen molar-refractivity contribution in [1.29, 1.82) is 0 Å². The molecule has 1 aromatic rings. The number of methoxy groups -OCH3 is 2.